The van der Waals surface area contributed by atoms with Crippen LogP contribution in [0.15, 0.2) is 71.5 Å². The summed E-state index contributed by atoms with van der Waals surface area (Å²) >= 11 is 0. The maximum Gasteiger partial charge on any atom is 0.322 e. The van der Waals surface area contributed by atoms with Crippen molar-refractivity contribution in [2.75, 3.05) is 18.4 Å². The van der Waals surface area contributed by atoms with Crippen LogP contribution in [0.2, 0.25) is 0 Å². The van der Waals surface area contributed by atoms with Crippen molar-refractivity contribution in [2.24, 2.45) is 0 Å². The number of carbonyl (C=O) groups is 1. The number of amides is 2. The first-order chi connectivity index (χ1) is 12.7. The van der Waals surface area contributed by atoms with Crippen molar-refractivity contribution < 1.29 is 13.6 Å². The Morgan fingerprint density at radius 2 is 1.81 bits per heavy atom. The number of aromatic nitrogens is 1. The molecule has 5 nitrogen and oxygen atoms in total. The second-order valence-corrected chi connectivity index (χ2v) is 5.96. The molecule has 3 aromatic rings. The van der Waals surface area contributed by atoms with Crippen LogP contribution in [0.25, 0.3) is 17.0 Å². The molecule has 0 saturated heterocycles. The van der Waals surface area contributed by atoms with Gasteiger partial charge in [0.25, 0.3) is 0 Å². The average Bonchev–Trinajstić information content (AvgIpc) is 3.35. The second-order valence-electron chi connectivity index (χ2n) is 5.96. The van der Waals surface area contributed by atoms with Crippen molar-refractivity contribution in [1.29, 1.82) is 0 Å². The van der Waals surface area contributed by atoms with Gasteiger partial charge >= 0.3 is 6.03 Å². The summed E-state index contributed by atoms with van der Waals surface area (Å²) in [5.41, 5.74) is 3.48. The van der Waals surface area contributed by atoms with E-state index in [1.54, 1.807) is 23.2 Å². The van der Waals surface area contributed by atoms with Crippen LogP contribution in [-0.2, 0) is 0 Å². The van der Waals surface area contributed by atoms with Gasteiger partial charge in [-0.1, -0.05) is 18.2 Å². The summed E-state index contributed by atoms with van der Waals surface area (Å²) in [6, 6.07) is 13.4. The van der Waals surface area contributed by atoms with Crippen LogP contribution >= 0.6 is 0 Å². The topological polar surface area (TPSA) is 58.4 Å². The van der Waals surface area contributed by atoms with E-state index in [2.05, 4.69) is 10.3 Å². The summed E-state index contributed by atoms with van der Waals surface area (Å²) in [6.45, 7) is 1.01. The van der Waals surface area contributed by atoms with E-state index >= 15 is 0 Å². The summed E-state index contributed by atoms with van der Waals surface area (Å²) in [6.07, 6.45) is 5.09. The third-order valence-electron chi connectivity index (χ3n) is 4.24. The molecule has 2 heterocycles. The molecule has 1 aliphatic heterocycles. The van der Waals surface area contributed by atoms with E-state index in [1.165, 1.54) is 18.4 Å². The van der Waals surface area contributed by atoms with Gasteiger partial charge in [0.05, 0.1) is 6.20 Å². The first-order valence-electron chi connectivity index (χ1n) is 8.20. The Balaban J connectivity index is 1.38. The zero-order chi connectivity index (χ0) is 17.9. The Kier molecular flexibility index (Phi) is 4.23. The molecule has 130 valence electrons. The third-order valence-corrected chi connectivity index (χ3v) is 4.24. The predicted molar refractivity (Wildman–Crippen MR) is 96.9 cm³/mol. The smallest absolute Gasteiger partial charge is 0.322 e. The van der Waals surface area contributed by atoms with E-state index in [4.69, 9.17) is 4.42 Å². The van der Waals surface area contributed by atoms with Crippen LogP contribution in [0.4, 0.5) is 14.9 Å². The quantitative estimate of drug-likeness (QED) is 0.762. The first-order valence-corrected chi connectivity index (χ1v) is 8.20. The lowest BCUT2D eigenvalue weighted by atomic mass is 10.1. The zero-order valence-corrected chi connectivity index (χ0v) is 13.9. The lowest BCUT2D eigenvalue weighted by Crippen LogP contribution is -2.33. The lowest BCUT2D eigenvalue weighted by molar-refractivity contribution is 0.225. The van der Waals surface area contributed by atoms with Gasteiger partial charge < -0.3 is 14.6 Å². The predicted octanol–water partition coefficient (Wildman–Crippen LogP) is 4.41. The van der Waals surface area contributed by atoms with Gasteiger partial charge in [0.15, 0.2) is 0 Å². The van der Waals surface area contributed by atoms with Crippen molar-refractivity contribution in [3.05, 3.63) is 78.4 Å². The fourth-order valence-electron chi connectivity index (χ4n) is 2.85. The number of carbonyl (C=O) groups excluding carboxylic acids is 1. The molecule has 0 radical (unpaired) electrons. The summed E-state index contributed by atoms with van der Waals surface area (Å²) in [7, 11) is 0. The molecule has 0 spiro atoms. The standard InChI is InChI=1S/C20H16FN3O2/c21-17-5-1-14(2-6-17)16-9-11-24(13-16)20(25)23-18-7-3-15(4-8-18)19-22-10-12-26-19/h1-10,12H,11,13H2,(H,23,25). The highest BCUT2D eigenvalue weighted by atomic mass is 19.1. The SMILES string of the molecule is O=C(Nc1ccc(-c2ncco2)cc1)N1CC=C(c2ccc(F)cc2)C1. The number of oxazole rings is 1. The van der Waals surface area contributed by atoms with Gasteiger partial charge in [0.2, 0.25) is 5.89 Å². The Morgan fingerprint density at radius 3 is 2.50 bits per heavy atom. The molecule has 0 bridgehead atoms. The van der Waals surface area contributed by atoms with E-state index in [9.17, 15) is 9.18 Å². The monoisotopic (exact) mass is 349 g/mol. The maximum absolute atomic E-state index is 13.0. The molecule has 2 aromatic carbocycles. The minimum atomic E-state index is -0.268. The van der Waals surface area contributed by atoms with E-state index in [-0.39, 0.29) is 11.8 Å². The number of anilines is 1. The molecular formula is C20H16FN3O2. The number of halogens is 1. The highest BCUT2D eigenvalue weighted by molar-refractivity contribution is 5.91. The van der Waals surface area contributed by atoms with Crippen LogP contribution in [0, 0.1) is 5.82 Å². The molecule has 1 aliphatic rings. The number of urea groups is 1. The maximum atomic E-state index is 13.0. The van der Waals surface area contributed by atoms with Crippen LogP contribution in [0.5, 0.6) is 0 Å². The van der Waals surface area contributed by atoms with Gasteiger partial charge in [0.1, 0.15) is 12.1 Å². The number of hydrogen-bond donors (Lipinski definition) is 1. The summed E-state index contributed by atoms with van der Waals surface area (Å²) in [5, 5.41) is 2.88. The lowest BCUT2D eigenvalue weighted by Gasteiger charge is -2.17. The molecule has 1 aromatic heterocycles. The number of nitrogens with zero attached hydrogens (tertiary/aromatic N) is 2. The Labute approximate surface area is 149 Å². The van der Waals surface area contributed by atoms with E-state index in [1.807, 2.05) is 30.3 Å². The van der Waals surface area contributed by atoms with Crippen molar-refractivity contribution in [3.63, 3.8) is 0 Å². The van der Waals surface area contributed by atoms with Gasteiger partial charge in [-0.25, -0.2) is 14.2 Å². The number of benzene rings is 2. The molecule has 0 saturated carbocycles. The van der Waals surface area contributed by atoms with Gasteiger partial charge in [0, 0.05) is 24.3 Å². The van der Waals surface area contributed by atoms with E-state index < -0.39 is 0 Å². The first kappa shape index (κ1) is 16.1. The van der Waals surface area contributed by atoms with Crippen molar-refractivity contribution >= 4 is 17.3 Å². The van der Waals surface area contributed by atoms with Crippen molar-refractivity contribution in [1.82, 2.24) is 9.88 Å². The highest BCUT2D eigenvalue weighted by Crippen LogP contribution is 2.23. The number of nitrogens with one attached hydrogen (secondary N) is 1. The highest BCUT2D eigenvalue weighted by Gasteiger charge is 2.20. The van der Waals surface area contributed by atoms with Gasteiger partial charge in [-0.15, -0.1) is 0 Å². The largest absolute Gasteiger partial charge is 0.445 e. The molecule has 0 unspecified atom stereocenters. The average molecular weight is 349 g/mol. The summed E-state index contributed by atoms with van der Waals surface area (Å²) in [5.74, 6) is 0.269. The van der Waals surface area contributed by atoms with E-state index in [0.717, 1.165) is 16.7 Å². The van der Waals surface area contributed by atoms with Gasteiger partial charge in [-0.2, -0.15) is 0 Å². The minimum absolute atomic E-state index is 0.178. The van der Waals surface area contributed by atoms with Gasteiger partial charge in [-0.05, 0) is 47.5 Å². The molecule has 0 atom stereocenters. The number of hydrogen-bond acceptors (Lipinski definition) is 3. The molecular weight excluding hydrogens is 333 g/mol. The van der Waals surface area contributed by atoms with Crippen LogP contribution < -0.4 is 5.32 Å². The Bertz CT molecular complexity index is 932. The minimum Gasteiger partial charge on any atom is -0.445 e. The van der Waals surface area contributed by atoms with Crippen LogP contribution in [0.3, 0.4) is 0 Å². The number of rotatable bonds is 3. The van der Waals surface area contributed by atoms with Gasteiger partial charge in [-0.3, -0.25) is 0 Å². The molecule has 0 aliphatic carbocycles. The molecule has 6 heteroatoms. The molecule has 26 heavy (non-hydrogen) atoms. The zero-order valence-electron chi connectivity index (χ0n) is 13.9. The normalized spacial score (nSPS) is 13.6. The van der Waals surface area contributed by atoms with Crippen molar-refractivity contribution in [2.45, 2.75) is 0 Å². The van der Waals surface area contributed by atoms with Crippen LogP contribution in [-0.4, -0.2) is 29.0 Å². The molecule has 4 rings (SSSR count). The van der Waals surface area contributed by atoms with E-state index in [0.29, 0.717) is 24.7 Å². The fraction of sp³-hybridized carbons (Fsp3) is 0.100. The Hall–Kier alpha value is -3.41. The molecule has 1 N–H and O–H groups in total. The van der Waals surface area contributed by atoms with Crippen LogP contribution in [0.1, 0.15) is 5.56 Å². The summed E-state index contributed by atoms with van der Waals surface area (Å²) in [4.78, 5) is 18.2. The summed E-state index contributed by atoms with van der Waals surface area (Å²) < 4.78 is 18.3. The molecule has 0 fully saturated rings. The fourth-order valence-corrected chi connectivity index (χ4v) is 2.85. The molecule has 2 amide bonds. The third kappa shape index (κ3) is 3.35. The Morgan fingerprint density at radius 1 is 1.08 bits per heavy atom. The van der Waals surface area contributed by atoms with Crippen molar-refractivity contribution in [3.8, 4) is 11.5 Å². The second kappa shape index (κ2) is 6.84.